The zero-order valence-electron chi connectivity index (χ0n) is 21.4. The van der Waals surface area contributed by atoms with Crippen LogP contribution in [0.4, 0.5) is 11.4 Å². The fourth-order valence-corrected chi connectivity index (χ4v) is 6.15. The highest BCUT2D eigenvalue weighted by molar-refractivity contribution is 8.00. The monoisotopic (exact) mass is 682 g/mol. The van der Waals surface area contributed by atoms with Gasteiger partial charge in [0.2, 0.25) is 5.91 Å². The fourth-order valence-electron chi connectivity index (χ4n) is 3.84. The summed E-state index contributed by atoms with van der Waals surface area (Å²) in [5.41, 5.74) is 0.598. The number of hydrogen-bond donors (Lipinski definition) is 3. The number of carboxylic acid groups (broad SMARTS) is 1. The minimum Gasteiger partial charge on any atom is -0.495 e. The van der Waals surface area contributed by atoms with Crippen molar-refractivity contribution in [2.24, 2.45) is 0 Å². The normalized spacial score (nSPS) is 11.5. The molecule has 4 rings (SSSR count). The van der Waals surface area contributed by atoms with Crippen molar-refractivity contribution in [1.82, 2.24) is 0 Å². The molecule has 2 amide bonds. The first kappa shape index (κ1) is 31.8. The quantitative estimate of drug-likeness (QED) is 0.0922. The van der Waals surface area contributed by atoms with Crippen LogP contribution in [0, 0.1) is 0 Å². The molecule has 42 heavy (non-hydrogen) atoms. The molecule has 4 aromatic rings. The molecule has 0 bridgehead atoms. The Labute approximate surface area is 270 Å². The van der Waals surface area contributed by atoms with Gasteiger partial charge in [0.15, 0.2) is 0 Å². The van der Waals surface area contributed by atoms with E-state index in [9.17, 15) is 19.5 Å². The van der Waals surface area contributed by atoms with Gasteiger partial charge < -0.3 is 20.5 Å². The average molecular weight is 685 g/mol. The lowest BCUT2D eigenvalue weighted by molar-refractivity contribution is -0.115. The van der Waals surface area contributed by atoms with Crippen LogP contribution in [-0.4, -0.2) is 30.0 Å². The Morgan fingerprint density at radius 2 is 1.36 bits per heavy atom. The first-order chi connectivity index (χ1) is 20.0. The average Bonchev–Trinajstić information content (AvgIpc) is 2.97. The summed E-state index contributed by atoms with van der Waals surface area (Å²) >= 11 is 31.8. The third-order valence-electron chi connectivity index (χ3n) is 5.83. The predicted molar refractivity (Wildman–Crippen MR) is 170 cm³/mol. The summed E-state index contributed by atoms with van der Waals surface area (Å²) in [6.07, 6.45) is 0. The third kappa shape index (κ3) is 7.09. The molecule has 216 valence electrons. The Bertz CT molecular complexity index is 1670. The second-order valence-corrected chi connectivity index (χ2v) is 11.6. The van der Waals surface area contributed by atoms with E-state index < -0.39 is 33.3 Å². The fraction of sp³-hybridized carbons (Fsp3) is 0.0690. The van der Waals surface area contributed by atoms with Crippen molar-refractivity contribution in [3.63, 3.8) is 0 Å². The van der Waals surface area contributed by atoms with Crippen LogP contribution in [0.25, 0.3) is 0 Å². The van der Waals surface area contributed by atoms with E-state index in [2.05, 4.69) is 10.6 Å². The van der Waals surface area contributed by atoms with Gasteiger partial charge in [-0.1, -0.05) is 88.3 Å². The molecule has 3 N–H and O–H groups in total. The first-order valence-corrected chi connectivity index (χ1v) is 14.6. The Morgan fingerprint density at radius 1 is 0.762 bits per heavy atom. The largest absolute Gasteiger partial charge is 0.495 e. The van der Waals surface area contributed by atoms with Crippen LogP contribution in [0.5, 0.6) is 5.75 Å². The van der Waals surface area contributed by atoms with Crippen LogP contribution < -0.4 is 15.4 Å². The molecule has 1 unspecified atom stereocenters. The maximum absolute atomic E-state index is 13.4. The maximum Gasteiger partial charge on any atom is 0.338 e. The first-order valence-electron chi connectivity index (χ1n) is 11.9. The summed E-state index contributed by atoms with van der Waals surface area (Å²) in [6.45, 7) is 0. The van der Waals surface area contributed by atoms with Gasteiger partial charge in [-0.05, 0) is 48.0 Å². The van der Waals surface area contributed by atoms with E-state index in [1.165, 1.54) is 18.9 Å². The minimum atomic E-state index is -1.50. The lowest BCUT2D eigenvalue weighted by atomic mass is 10.1. The number of benzene rings is 4. The van der Waals surface area contributed by atoms with Crippen LogP contribution in [0.15, 0.2) is 77.7 Å². The molecular weight excluding hydrogens is 666 g/mol. The standard InChI is InChI=1S/C29H19Cl5N2O5S/c1-41-19-12-9-16(13-18(19)30)36-28(38)26(14-5-3-2-4-6-14)42-17-10-7-15(8-11-17)35-27(37)20-21(29(39)40)23(32)25(34)24(33)22(20)31/h2-13,26H,1H3,(H,35,37)(H,36,38)(H,39,40). The number of carboxylic acids is 1. The van der Waals surface area contributed by atoms with Crippen LogP contribution in [0.3, 0.4) is 0 Å². The van der Waals surface area contributed by atoms with Gasteiger partial charge in [-0.15, -0.1) is 11.8 Å². The van der Waals surface area contributed by atoms with Gasteiger partial charge in [0.1, 0.15) is 11.0 Å². The number of ether oxygens (including phenoxy) is 1. The predicted octanol–water partition coefficient (Wildman–Crippen LogP) is 9.38. The van der Waals surface area contributed by atoms with Crippen molar-refractivity contribution in [1.29, 1.82) is 0 Å². The van der Waals surface area contributed by atoms with Crippen molar-refractivity contribution in [2.75, 3.05) is 17.7 Å². The molecule has 7 nitrogen and oxygen atoms in total. The highest BCUT2D eigenvalue weighted by atomic mass is 35.5. The third-order valence-corrected chi connectivity index (χ3v) is 9.20. The second kappa shape index (κ2) is 13.9. The summed E-state index contributed by atoms with van der Waals surface area (Å²) in [7, 11) is 1.50. The van der Waals surface area contributed by atoms with E-state index in [4.69, 9.17) is 62.7 Å². The molecule has 13 heteroatoms. The van der Waals surface area contributed by atoms with Crippen molar-refractivity contribution >= 4 is 98.9 Å². The Morgan fingerprint density at radius 3 is 1.93 bits per heavy atom. The van der Waals surface area contributed by atoms with E-state index in [0.717, 1.165) is 5.56 Å². The molecule has 1 atom stereocenters. The van der Waals surface area contributed by atoms with Crippen molar-refractivity contribution < 1.29 is 24.2 Å². The van der Waals surface area contributed by atoms with Crippen molar-refractivity contribution in [3.05, 3.63) is 115 Å². The molecule has 4 aromatic carbocycles. The number of halogens is 5. The SMILES string of the molecule is COc1ccc(NC(=O)C(Sc2ccc(NC(=O)c3c(Cl)c(Cl)c(Cl)c(Cl)c3C(=O)O)cc2)c2ccccc2)cc1Cl. The molecule has 0 spiro atoms. The number of amides is 2. The molecule has 0 saturated carbocycles. The van der Waals surface area contributed by atoms with Crippen LogP contribution in [0.2, 0.25) is 25.1 Å². The number of carbonyl (C=O) groups is 3. The minimum absolute atomic E-state index is 0.243. The molecule has 0 aromatic heterocycles. The van der Waals surface area contributed by atoms with Crippen LogP contribution in [-0.2, 0) is 4.79 Å². The van der Waals surface area contributed by atoms with E-state index in [1.54, 1.807) is 42.5 Å². The zero-order chi connectivity index (χ0) is 30.6. The molecule has 0 radical (unpaired) electrons. The van der Waals surface area contributed by atoms with Crippen LogP contribution >= 0.6 is 69.8 Å². The number of hydrogen-bond acceptors (Lipinski definition) is 5. The number of carbonyl (C=O) groups excluding carboxylic acids is 2. The van der Waals surface area contributed by atoms with Crippen LogP contribution in [0.1, 0.15) is 31.5 Å². The summed E-state index contributed by atoms with van der Waals surface area (Å²) < 4.78 is 5.17. The molecule has 0 aliphatic rings. The van der Waals surface area contributed by atoms with Crippen molar-refractivity contribution in [2.45, 2.75) is 10.1 Å². The Balaban J connectivity index is 1.55. The smallest absolute Gasteiger partial charge is 0.338 e. The number of thioether (sulfide) groups is 1. The van der Waals surface area contributed by atoms with Gasteiger partial charge in [-0.3, -0.25) is 9.59 Å². The molecule has 0 saturated heterocycles. The van der Waals surface area contributed by atoms with Gasteiger partial charge in [0.25, 0.3) is 5.91 Å². The number of anilines is 2. The Hall–Kier alpha value is -3.11. The summed E-state index contributed by atoms with van der Waals surface area (Å²) in [5.74, 6) is -2.14. The zero-order valence-corrected chi connectivity index (χ0v) is 26.0. The number of nitrogens with one attached hydrogen (secondary N) is 2. The maximum atomic E-state index is 13.4. The number of rotatable bonds is 9. The molecule has 0 heterocycles. The number of aromatic carboxylic acids is 1. The lowest BCUT2D eigenvalue weighted by Gasteiger charge is -2.18. The van der Waals surface area contributed by atoms with Gasteiger partial charge in [-0.2, -0.15) is 0 Å². The second-order valence-electron chi connectivity index (χ2n) is 8.54. The molecule has 0 aliphatic heterocycles. The number of methoxy groups -OCH3 is 1. The lowest BCUT2D eigenvalue weighted by Crippen LogP contribution is -2.19. The molecule has 0 aliphatic carbocycles. The summed E-state index contributed by atoms with van der Waals surface area (Å²) in [6, 6.07) is 20.8. The topological polar surface area (TPSA) is 105 Å². The molecule has 0 fully saturated rings. The van der Waals surface area contributed by atoms with E-state index in [-0.39, 0.29) is 21.0 Å². The summed E-state index contributed by atoms with van der Waals surface area (Å²) in [4.78, 5) is 39.0. The van der Waals surface area contributed by atoms with E-state index in [1.807, 2.05) is 30.3 Å². The van der Waals surface area contributed by atoms with Crippen molar-refractivity contribution in [3.8, 4) is 5.75 Å². The highest BCUT2D eigenvalue weighted by Gasteiger charge is 2.29. The van der Waals surface area contributed by atoms with Gasteiger partial charge in [0, 0.05) is 16.3 Å². The van der Waals surface area contributed by atoms with E-state index >= 15 is 0 Å². The summed E-state index contributed by atoms with van der Waals surface area (Å²) in [5, 5.41) is 13.6. The Kier molecular flexibility index (Phi) is 10.5. The van der Waals surface area contributed by atoms with Gasteiger partial charge in [0.05, 0.1) is 43.3 Å². The van der Waals surface area contributed by atoms with Gasteiger partial charge in [-0.25, -0.2) is 4.79 Å². The highest BCUT2D eigenvalue weighted by Crippen LogP contribution is 2.42. The van der Waals surface area contributed by atoms with Gasteiger partial charge >= 0.3 is 5.97 Å². The molecular formula is C29H19Cl5N2O5S. The van der Waals surface area contributed by atoms with E-state index in [0.29, 0.717) is 27.0 Å².